The summed E-state index contributed by atoms with van der Waals surface area (Å²) in [5.74, 6) is 0.297. The third-order valence-electron chi connectivity index (χ3n) is 4.65. The average molecular weight is 400 g/mol. The van der Waals surface area contributed by atoms with Gasteiger partial charge in [-0.1, -0.05) is 12.1 Å². The molecule has 0 saturated carbocycles. The maximum atomic E-state index is 12.5. The van der Waals surface area contributed by atoms with Crippen molar-refractivity contribution in [2.24, 2.45) is 0 Å². The van der Waals surface area contributed by atoms with Crippen molar-refractivity contribution in [3.05, 3.63) is 89.9 Å². The first-order valence-electron chi connectivity index (χ1n) is 9.37. The molecule has 0 aliphatic heterocycles. The van der Waals surface area contributed by atoms with E-state index in [1.54, 1.807) is 43.8 Å². The number of carbonyl (C=O) groups is 2. The lowest BCUT2D eigenvalue weighted by Crippen LogP contribution is -2.23. The molecule has 0 bridgehead atoms. The summed E-state index contributed by atoms with van der Waals surface area (Å²) in [6, 6.07) is 18.0. The van der Waals surface area contributed by atoms with Crippen LogP contribution in [0.5, 0.6) is 5.75 Å². The van der Waals surface area contributed by atoms with Crippen LogP contribution in [0.15, 0.2) is 73.1 Å². The number of hydrogen-bond donors (Lipinski definition) is 3. The number of aromatic nitrogens is 2. The number of ether oxygens (including phenoxy) is 1. The molecule has 0 radical (unpaired) electrons. The normalized spacial score (nSPS) is 10.6. The first-order chi connectivity index (χ1) is 14.6. The lowest BCUT2D eigenvalue weighted by molar-refractivity contribution is 0.0946. The molecule has 0 aliphatic rings. The van der Waals surface area contributed by atoms with E-state index in [0.29, 0.717) is 23.5 Å². The number of hydrogen-bond acceptors (Lipinski definition) is 4. The van der Waals surface area contributed by atoms with Crippen LogP contribution in [-0.2, 0) is 6.54 Å². The molecule has 30 heavy (non-hydrogen) atoms. The van der Waals surface area contributed by atoms with E-state index in [-0.39, 0.29) is 11.8 Å². The summed E-state index contributed by atoms with van der Waals surface area (Å²) in [5, 5.41) is 6.68. The number of nitrogens with zero attached hydrogens (tertiary/aromatic N) is 1. The van der Waals surface area contributed by atoms with Gasteiger partial charge in [-0.3, -0.25) is 14.6 Å². The number of methoxy groups -OCH3 is 1. The summed E-state index contributed by atoms with van der Waals surface area (Å²) < 4.78 is 5.21. The first kappa shape index (κ1) is 19.2. The lowest BCUT2D eigenvalue weighted by Gasteiger charge is -2.08. The average Bonchev–Trinajstić information content (AvgIpc) is 3.21. The number of H-pyrrole nitrogens is 1. The van der Waals surface area contributed by atoms with Gasteiger partial charge >= 0.3 is 0 Å². The molecule has 7 heteroatoms. The largest absolute Gasteiger partial charge is 0.497 e. The Balaban J connectivity index is 1.40. The molecule has 4 aromatic rings. The molecule has 0 fully saturated rings. The van der Waals surface area contributed by atoms with Gasteiger partial charge in [0.05, 0.1) is 7.11 Å². The minimum absolute atomic E-state index is 0.212. The summed E-state index contributed by atoms with van der Waals surface area (Å²) in [6.07, 6.45) is 3.14. The highest BCUT2D eigenvalue weighted by molar-refractivity contribution is 6.04. The Kier molecular flexibility index (Phi) is 5.43. The fourth-order valence-corrected chi connectivity index (χ4v) is 3.10. The number of pyridine rings is 1. The van der Waals surface area contributed by atoms with Gasteiger partial charge < -0.3 is 20.4 Å². The molecule has 0 saturated heterocycles. The smallest absolute Gasteiger partial charge is 0.267 e. The molecule has 4 rings (SSSR count). The molecule has 0 atom stereocenters. The van der Waals surface area contributed by atoms with Crippen LogP contribution < -0.4 is 15.4 Å². The quantitative estimate of drug-likeness (QED) is 0.459. The predicted octanol–water partition coefficient (Wildman–Crippen LogP) is 3.75. The van der Waals surface area contributed by atoms with Crippen LogP contribution in [0, 0.1) is 0 Å². The predicted molar refractivity (Wildman–Crippen MR) is 115 cm³/mol. The Labute approximate surface area is 173 Å². The zero-order chi connectivity index (χ0) is 20.9. The van der Waals surface area contributed by atoms with Crippen molar-refractivity contribution in [2.45, 2.75) is 6.54 Å². The third kappa shape index (κ3) is 4.30. The summed E-state index contributed by atoms with van der Waals surface area (Å²) in [7, 11) is 1.60. The molecule has 2 heterocycles. The van der Waals surface area contributed by atoms with Crippen molar-refractivity contribution in [1.29, 1.82) is 0 Å². The standard InChI is InChI=1S/C23H20N4O3/c1-30-19-6-5-17-12-21(27-20(17)13-19)23(29)25-14-15-3-2-4-18(11-15)26-22(28)16-7-9-24-10-8-16/h2-13,27H,14H2,1H3,(H,25,29)(H,26,28). The minimum Gasteiger partial charge on any atom is -0.497 e. The Hall–Kier alpha value is -4.13. The second kappa shape index (κ2) is 8.48. The number of fused-ring (bicyclic) bond motifs is 1. The highest BCUT2D eigenvalue weighted by Gasteiger charge is 2.11. The van der Waals surface area contributed by atoms with Gasteiger partial charge in [-0.25, -0.2) is 0 Å². The Morgan fingerprint density at radius 2 is 1.83 bits per heavy atom. The second-order valence-electron chi connectivity index (χ2n) is 6.71. The fraction of sp³-hybridized carbons (Fsp3) is 0.0870. The van der Waals surface area contributed by atoms with E-state index in [1.807, 2.05) is 36.4 Å². The molecule has 0 spiro atoms. The SMILES string of the molecule is COc1ccc2cc(C(=O)NCc3cccc(NC(=O)c4ccncc4)c3)[nH]c2c1. The van der Waals surface area contributed by atoms with E-state index in [2.05, 4.69) is 20.6 Å². The number of carbonyl (C=O) groups excluding carboxylic acids is 2. The Bertz CT molecular complexity index is 1200. The number of benzene rings is 2. The van der Waals surface area contributed by atoms with E-state index in [1.165, 1.54) is 0 Å². The third-order valence-corrected chi connectivity index (χ3v) is 4.65. The summed E-state index contributed by atoms with van der Waals surface area (Å²) in [6.45, 7) is 0.330. The Morgan fingerprint density at radius 3 is 2.63 bits per heavy atom. The number of rotatable bonds is 6. The van der Waals surface area contributed by atoms with Crippen LogP contribution >= 0.6 is 0 Å². The zero-order valence-electron chi connectivity index (χ0n) is 16.3. The second-order valence-corrected chi connectivity index (χ2v) is 6.71. The van der Waals surface area contributed by atoms with Crippen LogP contribution in [0.3, 0.4) is 0 Å². The van der Waals surface area contributed by atoms with Gasteiger partial charge in [0.1, 0.15) is 11.4 Å². The molecule has 2 aromatic heterocycles. The molecule has 2 amide bonds. The van der Waals surface area contributed by atoms with Gasteiger partial charge in [0.15, 0.2) is 0 Å². The van der Waals surface area contributed by atoms with Crippen LogP contribution in [0.1, 0.15) is 26.4 Å². The summed E-state index contributed by atoms with van der Waals surface area (Å²) >= 11 is 0. The number of nitrogens with one attached hydrogen (secondary N) is 3. The molecule has 7 nitrogen and oxygen atoms in total. The molecular weight excluding hydrogens is 380 g/mol. The van der Waals surface area contributed by atoms with Crippen molar-refractivity contribution in [3.8, 4) is 5.75 Å². The number of amides is 2. The number of anilines is 1. The van der Waals surface area contributed by atoms with Gasteiger partial charge in [-0.15, -0.1) is 0 Å². The van der Waals surface area contributed by atoms with E-state index in [4.69, 9.17) is 4.74 Å². The monoisotopic (exact) mass is 400 g/mol. The van der Waals surface area contributed by atoms with Crippen molar-refractivity contribution in [1.82, 2.24) is 15.3 Å². The summed E-state index contributed by atoms with van der Waals surface area (Å²) in [4.78, 5) is 31.8. The molecule has 2 aromatic carbocycles. The van der Waals surface area contributed by atoms with Crippen LogP contribution in [-0.4, -0.2) is 28.9 Å². The zero-order valence-corrected chi connectivity index (χ0v) is 16.3. The van der Waals surface area contributed by atoms with Gasteiger partial charge in [0.2, 0.25) is 0 Å². The van der Waals surface area contributed by atoms with Crippen LogP contribution in [0.4, 0.5) is 5.69 Å². The van der Waals surface area contributed by atoms with Crippen LogP contribution in [0.25, 0.3) is 10.9 Å². The molecular formula is C23H20N4O3. The van der Waals surface area contributed by atoms with Crippen molar-refractivity contribution in [2.75, 3.05) is 12.4 Å². The highest BCUT2D eigenvalue weighted by Crippen LogP contribution is 2.21. The fourth-order valence-electron chi connectivity index (χ4n) is 3.10. The maximum absolute atomic E-state index is 12.5. The van der Waals surface area contributed by atoms with Crippen LogP contribution in [0.2, 0.25) is 0 Å². The van der Waals surface area contributed by atoms with E-state index in [9.17, 15) is 9.59 Å². The van der Waals surface area contributed by atoms with Crippen molar-refractivity contribution in [3.63, 3.8) is 0 Å². The molecule has 3 N–H and O–H groups in total. The molecule has 0 aliphatic carbocycles. The highest BCUT2D eigenvalue weighted by atomic mass is 16.5. The van der Waals surface area contributed by atoms with Gasteiger partial charge in [-0.2, -0.15) is 0 Å². The van der Waals surface area contributed by atoms with E-state index < -0.39 is 0 Å². The Morgan fingerprint density at radius 1 is 1.00 bits per heavy atom. The van der Waals surface area contributed by atoms with Gasteiger partial charge in [-0.05, 0) is 48.0 Å². The van der Waals surface area contributed by atoms with E-state index in [0.717, 1.165) is 22.2 Å². The summed E-state index contributed by atoms with van der Waals surface area (Å²) in [5.41, 5.74) is 3.36. The van der Waals surface area contributed by atoms with Crippen molar-refractivity contribution >= 4 is 28.4 Å². The first-order valence-corrected chi connectivity index (χ1v) is 9.37. The van der Waals surface area contributed by atoms with Gasteiger partial charge in [0, 0.05) is 47.2 Å². The maximum Gasteiger partial charge on any atom is 0.267 e. The minimum atomic E-state index is -0.216. The molecule has 150 valence electrons. The lowest BCUT2D eigenvalue weighted by atomic mass is 10.2. The van der Waals surface area contributed by atoms with Crippen molar-refractivity contribution < 1.29 is 14.3 Å². The number of aromatic amines is 1. The van der Waals surface area contributed by atoms with E-state index >= 15 is 0 Å². The molecule has 0 unspecified atom stereocenters. The topological polar surface area (TPSA) is 96.1 Å². The van der Waals surface area contributed by atoms with Gasteiger partial charge in [0.25, 0.3) is 11.8 Å².